The fourth-order valence-electron chi connectivity index (χ4n) is 17.8. The van der Waals surface area contributed by atoms with Crippen LogP contribution in [0.3, 0.4) is 0 Å². The number of hydrogen-bond donors (Lipinski definition) is 12. The van der Waals surface area contributed by atoms with Crippen molar-refractivity contribution >= 4 is 116 Å². The van der Waals surface area contributed by atoms with Crippen LogP contribution >= 0.6 is 45.3 Å². The molecule has 8 amide bonds. The van der Waals surface area contributed by atoms with E-state index in [2.05, 4.69) is 110 Å². The predicted molar refractivity (Wildman–Crippen MR) is 542 cm³/mol. The quantitative estimate of drug-likeness (QED) is 0.0192. The molecule has 8 aliphatic rings. The molecule has 12 N–H and O–H groups in total. The van der Waals surface area contributed by atoms with Crippen molar-refractivity contribution < 1.29 is 67.6 Å². The Hall–Kier alpha value is -10.2. The van der Waals surface area contributed by atoms with Crippen molar-refractivity contribution in [2.45, 2.75) is 324 Å². The Morgan fingerprint density at radius 3 is 0.885 bits per heavy atom. The summed E-state index contributed by atoms with van der Waals surface area (Å²) in [7, 11) is 0. The molecule has 0 aromatic carbocycles. The van der Waals surface area contributed by atoms with Gasteiger partial charge in [-0.15, -0.1) is 45.3 Å². The zero-order valence-corrected chi connectivity index (χ0v) is 86.9. The number of carbonyl (C=O) groups excluding carboxylic acids is 8. The maximum absolute atomic E-state index is 14.0. The van der Waals surface area contributed by atoms with Gasteiger partial charge in [0.05, 0.1) is 48.5 Å². The van der Waals surface area contributed by atoms with E-state index in [9.17, 15) is 67.6 Å². The monoisotopic (exact) mass is 1990 g/mol. The number of halogens is 2. The van der Waals surface area contributed by atoms with Gasteiger partial charge in [-0.05, 0) is 292 Å². The van der Waals surface area contributed by atoms with Crippen LogP contribution in [0, 0.1) is 45.4 Å². The van der Waals surface area contributed by atoms with Gasteiger partial charge < -0.3 is 82.6 Å². The zero-order chi connectivity index (χ0) is 101. The van der Waals surface area contributed by atoms with Crippen LogP contribution in [-0.4, -0.2) is 256 Å². The van der Waals surface area contributed by atoms with E-state index in [-0.39, 0.29) is 87.8 Å². The molecule has 0 radical (unpaired) electrons. The minimum absolute atomic E-state index is 0.0124. The maximum Gasteiger partial charge on any atom is 0.280 e. The Balaban J connectivity index is 0.000000156. The molecule has 0 spiro atoms. The summed E-state index contributed by atoms with van der Waals surface area (Å²) < 4.78 is 28.1. The number of nitrogens with one attached hydrogen (secondary N) is 8. The number of pyridine rings is 4. The average Bonchev–Trinajstić information content (AvgIpc) is 1.66. The summed E-state index contributed by atoms with van der Waals surface area (Å²) in [6.07, 6.45) is 25.5. The third-order valence-corrected chi connectivity index (χ3v) is 30.9. The summed E-state index contributed by atoms with van der Waals surface area (Å²) in [5.41, 5.74) is 3.36. The number of hydrogen-bond acceptors (Lipinski definition) is 28. The average molecular weight is 1990 g/mol. The second-order valence-electron chi connectivity index (χ2n) is 41.9. The second-order valence-corrected chi connectivity index (χ2v) is 45.9. The number of thiazole rings is 4. The molecular weight excluding hydrogens is 1850 g/mol. The molecule has 32 nitrogen and oxygen atoms in total. The van der Waals surface area contributed by atoms with Crippen LogP contribution in [0.25, 0.3) is 41.8 Å². The Labute approximate surface area is 830 Å². The minimum atomic E-state index is -2.97. The highest BCUT2D eigenvalue weighted by molar-refractivity contribution is 7.18. The molecule has 7 atom stereocenters. The number of amides is 8. The fraction of sp³-hybridized carbons (Fsp3) is 0.604. The first-order valence-corrected chi connectivity index (χ1v) is 52.3. The van der Waals surface area contributed by atoms with Crippen molar-refractivity contribution in [3.63, 3.8) is 0 Å². The number of likely N-dealkylation sites (tertiary alicyclic amines) is 4. The van der Waals surface area contributed by atoms with Crippen molar-refractivity contribution in [2.75, 3.05) is 73.6 Å². The van der Waals surface area contributed by atoms with Gasteiger partial charge in [0.1, 0.15) is 46.0 Å². The van der Waals surface area contributed by atoms with Crippen LogP contribution in [0.5, 0.6) is 0 Å². The Morgan fingerprint density at radius 1 is 0.381 bits per heavy atom. The smallest absolute Gasteiger partial charge is 0.280 e. The fourth-order valence-corrected chi connectivity index (χ4v) is 22.0. The minimum Gasteiger partial charge on any atom is -0.389 e. The van der Waals surface area contributed by atoms with E-state index in [4.69, 9.17) is 0 Å². The number of alkyl halides is 2. The summed E-state index contributed by atoms with van der Waals surface area (Å²) in [5.74, 6) is -0.498. The summed E-state index contributed by atoms with van der Waals surface area (Å²) >= 11 is 4.60. The highest BCUT2D eigenvalue weighted by Crippen LogP contribution is 2.44. The third-order valence-electron chi connectivity index (χ3n) is 26.5. The van der Waals surface area contributed by atoms with Crippen LogP contribution in [-0.2, 0) is 0 Å². The Kier molecular flexibility index (Phi) is 34.0. The lowest BCUT2D eigenvalue weighted by Gasteiger charge is -2.33. The molecular formula is C101H140F2N20O12S4. The first-order valence-electron chi connectivity index (χ1n) is 49.0. The number of anilines is 4. The first kappa shape index (κ1) is 106. The molecule has 12 heterocycles. The third kappa shape index (κ3) is 28.4. The molecule has 38 heteroatoms. The molecule has 754 valence electrons. The van der Waals surface area contributed by atoms with Crippen LogP contribution in [0.15, 0.2) is 49.1 Å². The van der Waals surface area contributed by atoms with E-state index in [1.165, 1.54) is 85.4 Å². The van der Waals surface area contributed by atoms with E-state index < -0.39 is 76.9 Å². The summed E-state index contributed by atoms with van der Waals surface area (Å²) in [5, 5.41) is 65.2. The van der Waals surface area contributed by atoms with E-state index in [1.54, 1.807) is 87.1 Å². The molecule has 8 fully saturated rings. The van der Waals surface area contributed by atoms with Crippen molar-refractivity contribution in [1.82, 2.24) is 80.7 Å². The summed E-state index contributed by atoms with van der Waals surface area (Å²) in [6.45, 7) is 36.6. The van der Waals surface area contributed by atoms with Gasteiger partial charge in [-0.1, -0.05) is 12.8 Å². The van der Waals surface area contributed by atoms with Gasteiger partial charge in [-0.2, -0.15) is 0 Å². The van der Waals surface area contributed by atoms with Crippen LogP contribution in [0.2, 0.25) is 0 Å². The van der Waals surface area contributed by atoms with E-state index in [0.29, 0.717) is 104 Å². The van der Waals surface area contributed by atoms with Gasteiger partial charge in [0.2, 0.25) is 0 Å². The first-order chi connectivity index (χ1) is 65.4. The molecule has 4 aliphatic carbocycles. The number of nitrogens with zero attached hydrogens (tertiary/aromatic N) is 12. The van der Waals surface area contributed by atoms with Crippen molar-refractivity contribution in [1.29, 1.82) is 0 Å². The van der Waals surface area contributed by atoms with Crippen molar-refractivity contribution in [3.8, 4) is 41.8 Å². The molecule has 8 aromatic rings. The molecule has 4 aliphatic heterocycles. The van der Waals surface area contributed by atoms with Gasteiger partial charge in [-0.3, -0.25) is 38.4 Å². The largest absolute Gasteiger partial charge is 0.389 e. The number of aryl methyl sites for hydroxylation is 4. The van der Waals surface area contributed by atoms with Gasteiger partial charge in [0.25, 0.3) is 53.2 Å². The standard InChI is InChI=1S/C26H37N5O3S.C25H33F2N5O3S.2C25H35N5O3S/c1-15-12-20(29-17(3)18-9-10-18)27-13-19(15)22-21(25(33)31-11-7-6-8-16(31)2)30-24(35-22)23(32)28-14-26(4,5)34;1-14-9-18(30-16-7-5-6-8-16)28-11-17(14)20-19(23(34)32-13-25(26,27)10-15(32)2)31-22(36-20)21(33)29-12-24(3,4)35;2*1-14-11-19(28-16(3)17-8-9-17)26-12-18(14)21-20(24(32)30-10-6-7-15(30)2)29-23(34-21)22(31)27-13-25(4,5)33/h12-13,16-18,34H,6-11,14H2,1-5H3,(H,27,29)(H,28,32);9,11,15-16,35H,5-8,10,12-13H2,1-4H3,(H,28,30)(H,29,33);2*11-12,15-17,33H,6-10,13H2,1-5H3,(H,26,28)(H,27,31)/t16-,17-;15-;15-,16+;15-,16-/m0000/s1. The molecule has 16 rings (SSSR count). The van der Waals surface area contributed by atoms with E-state index in [1.807, 2.05) is 80.5 Å². The van der Waals surface area contributed by atoms with E-state index in [0.717, 1.165) is 136 Å². The molecule has 4 saturated heterocycles. The van der Waals surface area contributed by atoms with Crippen LogP contribution in [0.4, 0.5) is 32.1 Å². The van der Waals surface area contributed by atoms with Crippen LogP contribution < -0.4 is 42.5 Å². The van der Waals surface area contributed by atoms with Gasteiger partial charge >= 0.3 is 0 Å². The molecule has 0 unspecified atom stereocenters. The SMILES string of the molecule is Cc1cc(NC2CCCC2)ncc1-c1sc(C(=O)NCC(C)(C)O)nc1C(=O)N1CC(F)(F)C[C@@H]1C.Cc1cc(N[C@@H](C)C2CC2)ncc1-c1sc(C(=O)NCC(C)(C)O)nc1C(=O)N1CCCC[C@@H]1C.Cc1cc(N[C@@H](C)C2CC2)ncc1-c1sc(C(=O)NCC(C)(C)O)nc1C(=O)N1CCC[C@@H]1C.Cc1cc(N[C@H](C)C2CC2)ncc1-c1sc(C(=O)NCC(C)(C)O)nc1C(=O)N1CCC[C@@H]1C. The normalized spacial score (nSPS) is 19.5. The van der Waals surface area contributed by atoms with Crippen molar-refractivity contribution in [2.24, 2.45) is 17.8 Å². The summed E-state index contributed by atoms with van der Waals surface area (Å²) in [4.78, 5) is 151. The summed E-state index contributed by atoms with van der Waals surface area (Å²) in [6, 6.07) is 9.15. The maximum atomic E-state index is 14.0. The van der Waals surface area contributed by atoms with E-state index >= 15 is 0 Å². The highest BCUT2D eigenvalue weighted by Gasteiger charge is 2.47. The predicted octanol–water partition coefficient (Wildman–Crippen LogP) is 16.2. The number of aromatic nitrogens is 8. The van der Waals surface area contributed by atoms with Gasteiger partial charge in [0.15, 0.2) is 20.0 Å². The Bertz CT molecular complexity index is 5590. The lowest BCUT2D eigenvalue weighted by atomic mass is 10.0. The number of carbonyl (C=O) groups is 8. The second kappa shape index (κ2) is 44.5. The number of piperidine rings is 1. The van der Waals surface area contributed by atoms with Gasteiger partial charge in [-0.25, -0.2) is 48.7 Å². The topological polar surface area (TPSA) is 430 Å². The highest BCUT2D eigenvalue weighted by atomic mass is 32.1. The number of rotatable bonds is 31. The zero-order valence-electron chi connectivity index (χ0n) is 83.7. The lowest BCUT2D eigenvalue weighted by molar-refractivity contribution is 0.0117. The molecule has 139 heavy (non-hydrogen) atoms. The molecule has 8 aromatic heterocycles. The Morgan fingerprint density at radius 2 is 0.640 bits per heavy atom. The molecule has 0 bridgehead atoms. The number of aliphatic hydroxyl groups is 4. The van der Waals surface area contributed by atoms with Crippen molar-refractivity contribution in [3.05, 3.63) is 114 Å². The lowest BCUT2D eigenvalue weighted by Crippen LogP contribution is -2.42. The van der Waals surface area contributed by atoms with Gasteiger partial charge in [0, 0.05) is 148 Å². The van der Waals surface area contributed by atoms with Crippen LogP contribution in [0.1, 0.15) is 323 Å². The molecule has 4 saturated carbocycles.